The quantitative estimate of drug-likeness (QED) is 0.835. The third kappa shape index (κ3) is 2.38. The molecule has 0 amide bonds. The summed E-state index contributed by atoms with van der Waals surface area (Å²) in [4.78, 5) is 0. The molecule has 0 unspecified atom stereocenters. The first-order valence-electron chi connectivity index (χ1n) is 6.40. The second-order valence-electron chi connectivity index (χ2n) is 4.87. The van der Waals surface area contributed by atoms with Gasteiger partial charge < -0.3 is 10.1 Å². The average molecular weight is 217 g/mol. The van der Waals surface area contributed by atoms with Gasteiger partial charge in [-0.1, -0.05) is 12.1 Å². The average Bonchev–Trinajstić information content (AvgIpc) is 3.13. The van der Waals surface area contributed by atoms with Crippen LogP contribution in [0.2, 0.25) is 0 Å². The fourth-order valence-corrected chi connectivity index (χ4v) is 2.28. The number of nitrogens with one attached hydrogen (secondary N) is 1. The summed E-state index contributed by atoms with van der Waals surface area (Å²) in [6, 6.07) is 7.49. The van der Waals surface area contributed by atoms with Gasteiger partial charge >= 0.3 is 0 Å². The maximum absolute atomic E-state index is 5.62. The van der Waals surface area contributed by atoms with Gasteiger partial charge in [-0.25, -0.2) is 0 Å². The number of benzene rings is 1. The minimum absolute atomic E-state index is 0.820. The van der Waals surface area contributed by atoms with Crippen LogP contribution < -0.4 is 10.1 Å². The van der Waals surface area contributed by atoms with E-state index in [2.05, 4.69) is 23.5 Å². The molecule has 2 aliphatic rings. The van der Waals surface area contributed by atoms with Crippen molar-refractivity contribution in [2.45, 2.75) is 38.1 Å². The van der Waals surface area contributed by atoms with Crippen LogP contribution in [0.25, 0.3) is 0 Å². The zero-order chi connectivity index (χ0) is 10.8. The molecule has 0 radical (unpaired) electrons. The van der Waals surface area contributed by atoms with Crippen molar-refractivity contribution in [3.8, 4) is 5.75 Å². The minimum Gasteiger partial charge on any atom is -0.493 e. The van der Waals surface area contributed by atoms with E-state index in [0.29, 0.717) is 0 Å². The standard InChI is InChI=1S/C14H19NO/c1-2-12-10-11(3-6-14(12)16-9-1)7-8-15-13-4-5-13/h3,6,10,13,15H,1-2,4-5,7-9H2. The topological polar surface area (TPSA) is 21.3 Å². The largest absolute Gasteiger partial charge is 0.493 e. The first-order valence-corrected chi connectivity index (χ1v) is 6.40. The fraction of sp³-hybridized carbons (Fsp3) is 0.571. The number of rotatable bonds is 4. The van der Waals surface area contributed by atoms with Crippen molar-refractivity contribution in [3.05, 3.63) is 29.3 Å². The Morgan fingerprint density at radius 1 is 1.31 bits per heavy atom. The van der Waals surface area contributed by atoms with Gasteiger partial charge in [0.25, 0.3) is 0 Å². The van der Waals surface area contributed by atoms with Gasteiger partial charge in [-0.15, -0.1) is 0 Å². The highest BCUT2D eigenvalue weighted by atomic mass is 16.5. The highest BCUT2D eigenvalue weighted by molar-refractivity contribution is 5.38. The predicted molar refractivity (Wildman–Crippen MR) is 65.0 cm³/mol. The van der Waals surface area contributed by atoms with Crippen LogP contribution in [0.4, 0.5) is 0 Å². The number of hydrogen-bond donors (Lipinski definition) is 1. The van der Waals surface area contributed by atoms with Crippen LogP contribution in [0.3, 0.4) is 0 Å². The minimum atomic E-state index is 0.820. The van der Waals surface area contributed by atoms with E-state index < -0.39 is 0 Å². The van der Waals surface area contributed by atoms with Crippen molar-refractivity contribution in [2.24, 2.45) is 0 Å². The molecule has 0 aromatic heterocycles. The van der Waals surface area contributed by atoms with Crippen LogP contribution in [0.1, 0.15) is 30.4 Å². The van der Waals surface area contributed by atoms with E-state index in [0.717, 1.165) is 37.8 Å². The molecular weight excluding hydrogens is 198 g/mol. The van der Waals surface area contributed by atoms with Gasteiger partial charge in [0.15, 0.2) is 0 Å². The third-order valence-corrected chi connectivity index (χ3v) is 3.40. The summed E-state index contributed by atoms with van der Waals surface area (Å²) in [5, 5.41) is 3.55. The van der Waals surface area contributed by atoms with Crippen LogP contribution in [0.5, 0.6) is 5.75 Å². The van der Waals surface area contributed by atoms with Gasteiger partial charge in [-0.05, 0) is 55.8 Å². The van der Waals surface area contributed by atoms with Crippen molar-refractivity contribution in [3.63, 3.8) is 0 Å². The van der Waals surface area contributed by atoms with E-state index in [9.17, 15) is 0 Å². The van der Waals surface area contributed by atoms with Crippen LogP contribution in [-0.2, 0) is 12.8 Å². The molecule has 2 nitrogen and oxygen atoms in total. The summed E-state index contributed by atoms with van der Waals surface area (Å²) in [7, 11) is 0. The molecule has 0 spiro atoms. The van der Waals surface area contributed by atoms with Crippen molar-refractivity contribution < 1.29 is 4.74 Å². The Balaban J connectivity index is 1.60. The van der Waals surface area contributed by atoms with Gasteiger partial charge in [0, 0.05) is 6.04 Å². The molecule has 86 valence electrons. The molecule has 3 rings (SSSR count). The van der Waals surface area contributed by atoms with Crippen molar-refractivity contribution in [2.75, 3.05) is 13.2 Å². The zero-order valence-electron chi connectivity index (χ0n) is 9.67. The van der Waals surface area contributed by atoms with Crippen molar-refractivity contribution in [1.29, 1.82) is 0 Å². The second kappa shape index (κ2) is 4.46. The van der Waals surface area contributed by atoms with E-state index in [-0.39, 0.29) is 0 Å². The first-order chi connectivity index (χ1) is 7.92. The van der Waals surface area contributed by atoms with Crippen molar-refractivity contribution in [1.82, 2.24) is 5.32 Å². The van der Waals surface area contributed by atoms with E-state index in [1.807, 2.05) is 0 Å². The van der Waals surface area contributed by atoms with E-state index >= 15 is 0 Å². The Hall–Kier alpha value is -1.02. The number of fused-ring (bicyclic) bond motifs is 1. The van der Waals surface area contributed by atoms with Crippen molar-refractivity contribution >= 4 is 0 Å². The molecule has 2 heteroatoms. The van der Waals surface area contributed by atoms with Crippen LogP contribution in [0, 0.1) is 0 Å². The Morgan fingerprint density at radius 3 is 3.12 bits per heavy atom. The lowest BCUT2D eigenvalue weighted by atomic mass is 10.0. The Morgan fingerprint density at radius 2 is 2.25 bits per heavy atom. The van der Waals surface area contributed by atoms with Gasteiger partial charge in [-0.3, -0.25) is 0 Å². The molecule has 16 heavy (non-hydrogen) atoms. The molecule has 1 aromatic rings. The van der Waals surface area contributed by atoms with Crippen LogP contribution >= 0.6 is 0 Å². The zero-order valence-corrected chi connectivity index (χ0v) is 9.67. The molecule has 1 aliphatic carbocycles. The maximum Gasteiger partial charge on any atom is 0.122 e. The highest BCUT2D eigenvalue weighted by Crippen LogP contribution is 2.25. The first kappa shape index (κ1) is 10.2. The molecule has 1 fully saturated rings. The summed E-state index contributed by atoms with van der Waals surface area (Å²) in [5.41, 5.74) is 2.84. The molecule has 1 heterocycles. The summed E-state index contributed by atoms with van der Waals surface area (Å²) in [5.74, 6) is 1.10. The van der Waals surface area contributed by atoms with Crippen LogP contribution in [0.15, 0.2) is 18.2 Å². The lowest BCUT2D eigenvalue weighted by Gasteiger charge is -2.17. The molecule has 1 aromatic carbocycles. The molecule has 0 bridgehead atoms. The summed E-state index contributed by atoms with van der Waals surface area (Å²) >= 11 is 0. The predicted octanol–water partition coefficient (Wildman–Crippen LogP) is 2.31. The fourth-order valence-electron chi connectivity index (χ4n) is 2.28. The van der Waals surface area contributed by atoms with E-state index in [1.165, 1.54) is 30.4 Å². The molecule has 0 atom stereocenters. The Kier molecular flexibility index (Phi) is 2.83. The molecular formula is C14H19NO. The second-order valence-corrected chi connectivity index (χ2v) is 4.87. The molecule has 1 saturated carbocycles. The third-order valence-electron chi connectivity index (χ3n) is 3.40. The maximum atomic E-state index is 5.62. The monoisotopic (exact) mass is 217 g/mol. The van der Waals surface area contributed by atoms with E-state index in [1.54, 1.807) is 0 Å². The Labute approximate surface area is 97.0 Å². The Bertz CT molecular complexity index is 371. The normalized spacial score (nSPS) is 19.0. The molecule has 1 aliphatic heterocycles. The summed E-state index contributed by atoms with van der Waals surface area (Å²) in [6.07, 6.45) is 6.23. The van der Waals surface area contributed by atoms with Gasteiger partial charge in [0.05, 0.1) is 6.61 Å². The SMILES string of the molecule is c1cc2c(cc1CCNC1CC1)CCCO2. The van der Waals surface area contributed by atoms with E-state index in [4.69, 9.17) is 4.74 Å². The summed E-state index contributed by atoms with van der Waals surface area (Å²) in [6.45, 7) is 2.00. The lowest BCUT2D eigenvalue weighted by molar-refractivity contribution is 0.288. The number of hydrogen-bond acceptors (Lipinski definition) is 2. The highest BCUT2D eigenvalue weighted by Gasteiger charge is 2.19. The lowest BCUT2D eigenvalue weighted by Crippen LogP contribution is -2.19. The smallest absolute Gasteiger partial charge is 0.122 e. The van der Waals surface area contributed by atoms with Gasteiger partial charge in [0.2, 0.25) is 0 Å². The number of ether oxygens (including phenoxy) is 1. The molecule has 0 saturated heterocycles. The summed E-state index contributed by atoms with van der Waals surface area (Å²) < 4.78 is 5.62. The van der Waals surface area contributed by atoms with Crippen LogP contribution in [-0.4, -0.2) is 19.2 Å². The van der Waals surface area contributed by atoms with Gasteiger partial charge in [-0.2, -0.15) is 0 Å². The number of aryl methyl sites for hydroxylation is 1. The van der Waals surface area contributed by atoms with Gasteiger partial charge in [0.1, 0.15) is 5.75 Å². The molecule has 1 N–H and O–H groups in total.